The molecular formula is C23H17FN6O3. The standard InChI is InChI=1S/C23H17FN6O3/c24-17-8-6-16(7-9-17)22-27-26-20-10-11-21(28-30(20)22)32-13-12-25-23(31)18-14-19(33-29-18)15-4-2-1-3-5-15/h1-11,14H,12-13H2,(H,25,31). The summed E-state index contributed by atoms with van der Waals surface area (Å²) in [6, 6.07) is 20.2. The highest BCUT2D eigenvalue weighted by Crippen LogP contribution is 2.20. The molecule has 0 aliphatic rings. The molecule has 0 atom stereocenters. The number of carbonyl (C=O) groups is 1. The number of ether oxygens (including phenoxy) is 1. The van der Waals surface area contributed by atoms with Gasteiger partial charge in [-0.25, -0.2) is 4.39 Å². The van der Waals surface area contributed by atoms with Gasteiger partial charge in [0.2, 0.25) is 5.88 Å². The first kappa shape index (κ1) is 20.3. The maximum atomic E-state index is 13.2. The fourth-order valence-corrected chi connectivity index (χ4v) is 3.16. The van der Waals surface area contributed by atoms with Crippen LogP contribution >= 0.6 is 0 Å². The van der Waals surface area contributed by atoms with Crippen molar-refractivity contribution in [2.45, 2.75) is 0 Å². The lowest BCUT2D eigenvalue weighted by molar-refractivity contribution is 0.0937. The number of fused-ring (bicyclic) bond motifs is 1. The van der Waals surface area contributed by atoms with Crippen molar-refractivity contribution in [1.82, 2.24) is 30.3 Å². The van der Waals surface area contributed by atoms with E-state index < -0.39 is 0 Å². The molecule has 3 aromatic heterocycles. The molecule has 0 spiro atoms. The molecule has 0 fully saturated rings. The van der Waals surface area contributed by atoms with E-state index in [9.17, 15) is 9.18 Å². The van der Waals surface area contributed by atoms with E-state index in [-0.39, 0.29) is 30.6 Å². The van der Waals surface area contributed by atoms with Crippen LogP contribution in [0.3, 0.4) is 0 Å². The van der Waals surface area contributed by atoms with E-state index in [0.29, 0.717) is 28.7 Å². The lowest BCUT2D eigenvalue weighted by Gasteiger charge is -2.07. The van der Waals surface area contributed by atoms with Crippen LogP contribution in [0.2, 0.25) is 0 Å². The summed E-state index contributed by atoms with van der Waals surface area (Å²) in [7, 11) is 0. The Hall–Kier alpha value is -4.60. The predicted octanol–water partition coefficient (Wildman–Crippen LogP) is 3.39. The summed E-state index contributed by atoms with van der Waals surface area (Å²) in [5.41, 5.74) is 2.21. The number of benzene rings is 2. The lowest BCUT2D eigenvalue weighted by atomic mass is 10.1. The Morgan fingerprint density at radius 3 is 2.64 bits per heavy atom. The van der Waals surface area contributed by atoms with Crippen LogP contribution < -0.4 is 10.1 Å². The number of amides is 1. The maximum Gasteiger partial charge on any atom is 0.273 e. The van der Waals surface area contributed by atoms with Crippen LogP contribution in [0, 0.1) is 5.82 Å². The molecule has 9 nitrogen and oxygen atoms in total. The van der Waals surface area contributed by atoms with Gasteiger partial charge in [0.05, 0.1) is 6.54 Å². The van der Waals surface area contributed by atoms with E-state index in [1.165, 1.54) is 16.6 Å². The number of nitrogens with zero attached hydrogens (tertiary/aromatic N) is 5. The van der Waals surface area contributed by atoms with Crippen molar-refractivity contribution in [3.05, 3.63) is 84.3 Å². The molecule has 0 aliphatic heterocycles. The molecule has 2 aromatic carbocycles. The van der Waals surface area contributed by atoms with Crippen LogP contribution in [0.5, 0.6) is 5.88 Å². The molecule has 164 valence electrons. The molecule has 5 aromatic rings. The van der Waals surface area contributed by atoms with Gasteiger partial charge in [-0.3, -0.25) is 4.79 Å². The fraction of sp³-hybridized carbons (Fsp3) is 0.0870. The number of aromatic nitrogens is 5. The first-order valence-corrected chi connectivity index (χ1v) is 10.1. The zero-order valence-corrected chi connectivity index (χ0v) is 17.2. The van der Waals surface area contributed by atoms with Gasteiger partial charge >= 0.3 is 0 Å². The average molecular weight is 444 g/mol. The van der Waals surface area contributed by atoms with Crippen molar-refractivity contribution in [3.8, 4) is 28.6 Å². The highest BCUT2D eigenvalue weighted by Gasteiger charge is 2.14. The van der Waals surface area contributed by atoms with Gasteiger partial charge in [-0.2, -0.15) is 4.52 Å². The Labute approximate surface area is 186 Å². The fourth-order valence-electron chi connectivity index (χ4n) is 3.16. The van der Waals surface area contributed by atoms with Gasteiger partial charge in [0.15, 0.2) is 22.9 Å². The number of rotatable bonds is 7. The SMILES string of the molecule is O=C(NCCOc1ccc2nnc(-c3ccc(F)cc3)n2n1)c1cc(-c2ccccc2)on1. The monoisotopic (exact) mass is 444 g/mol. The van der Waals surface area contributed by atoms with Crippen LogP contribution in [0.1, 0.15) is 10.5 Å². The largest absolute Gasteiger partial charge is 0.475 e. The van der Waals surface area contributed by atoms with Crippen LogP contribution in [0.25, 0.3) is 28.4 Å². The topological polar surface area (TPSA) is 107 Å². The Balaban J connectivity index is 1.19. The summed E-state index contributed by atoms with van der Waals surface area (Å²) < 4.78 is 25.6. The van der Waals surface area contributed by atoms with Crippen molar-refractivity contribution < 1.29 is 18.4 Å². The van der Waals surface area contributed by atoms with Crippen LogP contribution in [0.15, 0.2) is 77.3 Å². The molecule has 10 heteroatoms. The van der Waals surface area contributed by atoms with E-state index in [1.807, 2.05) is 30.3 Å². The van der Waals surface area contributed by atoms with Gasteiger partial charge in [0.1, 0.15) is 12.4 Å². The van der Waals surface area contributed by atoms with Gasteiger partial charge < -0.3 is 14.6 Å². The first-order valence-electron chi connectivity index (χ1n) is 10.1. The molecule has 1 amide bonds. The quantitative estimate of drug-likeness (QED) is 0.383. The maximum absolute atomic E-state index is 13.2. The van der Waals surface area contributed by atoms with Gasteiger partial charge in [-0.1, -0.05) is 35.5 Å². The van der Waals surface area contributed by atoms with E-state index in [4.69, 9.17) is 9.26 Å². The molecule has 0 unspecified atom stereocenters. The van der Waals surface area contributed by atoms with Crippen molar-refractivity contribution in [1.29, 1.82) is 0 Å². The van der Waals surface area contributed by atoms with Crippen molar-refractivity contribution in [3.63, 3.8) is 0 Å². The highest BCUT2D eigenvalue weighted by molar-refractivity contribution is 5.93. The number of nitrogens with one attached hydrogen (secondary N) is 1. The Morgan fingerprint density at radius 1 is 1.00 bits per heavy atom. The van der Waals surface area contributed by atoms with E-state index in [2.05, 4.69) is 25.8 Å². The third-order valence-corrected chi connectivity index (χ3v) is 4.78. The predicted molar refractivity (Wildman–Crippen MR) is 116 cm³/mol. The third-order valence-electron chi connectivity index (χ3n) is 4.78. The summed E-state index contributed by atoms with van der Waals surface area (Å²) in [6.07, 6.45) is 0. The molecule has 0 saturated heterocycles. The van der Waals surface area contributed by atoms with Gasteiger partial charge in [-0.15, -0.1) is 15.3 Å². The normalized spacial score (nSPS) is 10.9. The minimum absolute atomic E-state index is 0.182. The summed E-state index contributed by atoms with van der Waals surface area (Å²) in [6.45, 7) is 0.417. The second-order valence-corrected chi connectivity index (χ2v) is 7.02. The molecule has 0 radical (unpaired) electrons. The number of halogens is 1. The average Bonchev–Trinajstić information content (AvgIpc) is 3.50. The second-order valence-electron chi connectivity index (χ2n) is 7.02. The van der Waals surface area contributed by atoms with Crippen molar-refractivity contribution in [2.75, 3.05) is 13.2 Å². The Morgan fingerprint density at radius 2 is 1.82 bits per heavy atom. The summed E-state index contributed by atoms with van der Waals surface area (Å²) in [5, 5.41) is 19.1. The second kappa shape index (κ2) is 8.87. The van der Waals surface area contributed by atoms with E-state index in [1.54, 1.807) is 30.3 Å². The first-order chi connectivity index (χ1) is 16.2. The number of hydrogen-bond acceptors (Lipinski definition) is 7. The van der Waals surface area contributed by atoms with E-state index >= 15 is 0 Å². The van der Waals surface area contributed by atoms with Crippen molar-refractivity contribution >= 4 is 11.6 Å². The minimum Gasteiger partial charge on any atom is -0.475 e. The lowest BCUT2D eigenvalue weighted by Crippen LogP contribution is -2.28. The summed E-state index contributed by atoms with van der Waals surface area (Å²) in [4.78, 5) is 12.3. The molecular weight excluding hydrogens is 427 g/mol. The van der Waals surface area contributed by atoms with Gasteiger partial charge in [0.25, 0.3) is 5.91 Å². The van der Waals surface area contributed by atoms with Crippen LogP contribution in [0.4, 0.5) is 4.39 Å². The number of hydrogen-bond donors (Lipinski definition) is 1. The minimum atomic E-state index is -0.370. The molecule has 1 N–H and O–H groups in total. The molecule has 5 rings (SSSR count). The smallest absolute Gasteiger partial charge is 0.273 e. The molecule has 0 aliphatic carbocycles. The van der Waals surface area contributed by atoms with Gasteiger partial charge in [-0.05, 0) is 30.3 Å². The van der Waals surface area contributed by atoms with E-state index in [0.717, 1.165) is 5.56 Å². The molecule has 0 saturated carbocycles. The van der Waals surface area contributed by atoms with Gasteiger partial charge in [0, 0.05) is 23.3 Å². The Bertz CT molecular complexity index is 1400. The molecule has 0 bridgehead atoms. The molecule has 33 heavy (non-hydrogen) atoms. The van der Waals surface area contributed by atoms with Crippen LogP contribution in [-0.2, 0) is 0 Å². The Kier molecular flexibility index (Phi) is 5.46. The zero-order chi connectivity index (χ0) is 22.6. The summed E-state index contributed by atoms with van der Waals surface area (Å²) >= 11 is 0. The third kappa shape index (κ3) is 4.40. The van der Waals surface area contributed by atoms with Crippen LogP contribution in [-0.4, -0.2) is 44.0 Å². The number of carbonyl (C=O) groups excluding carboxylic acids is 1. The van der Waals surface area contributed by atoms with Crippen molar-refractivity contribution in [2.24, 2.45) is 0 Å². The highest BCUT2D eigenvalue weighted by atomic mass is 19.1. The zero-order valence-electron chi connectivity index (χ0n) is 17.2. The summed E-state index contributed by atoms with van der Waals surface area (Å²) in [5.74, 6) is 0.593. The molecule has 3 heterocycles.